The zero-order chi connectivity index (χ0) is 24.0. The van der Waals surface area contributed by atoms with E-state index >= 15 is 0 Å². The van der Waals surface area contributed by atoms with Crippen molar-refractivity contribution in [1.82, 2.24) is 20.3 Å². The molecule has 0 spiro atoms. The van der Waals surface area contributed by atoms with E-state index in [1.165, 1.54) is 16.2 Å². The summed E-state index contributed by atoms with van der Waals surface area (Å²) in [6.45, 7) is 2.60. The van der Waals surface area contributed by atoms with Crippen LogP contribution < -0.4 is 21.1 Å². The van der Waals surface area contributed by atoms with E-state index in [0.29, 0.717) is 36.6 Å². The lowest BCUT2D eigenvalue weighted by Crippen LogP contribution is -2.53. The Morgan fingerprint density at radius 3 is 2.67 bits per heavy atom. The molecule has 2 aliphatic rings. The number of hydrogen-bond donors (Lipinski definition) is 5. The van der Waals surface area contributed by atoms with Gasteiger partial charge in [-0.1, -0.05) is 0 Å². The first-order chi connectivity index (χ1) is 15.6. The van der Waals surface area contributed by atoms with Gasteiger partial charge in [0.2, 0.25) is 21.8 Å². The van der Waals surface area contributed by atoms with Gasteiger partial charge in [0.05, 0.1) is 17.7 Å². The molecule has 33 heavy (non-hydrogen) atoms. The third-order valence-corrected chi connectivity index (χ3v) is 8.01. The van der Waals surface area contributed by atoms with Crippen LogP contribution in [0.5, 0.6) is 0 Å². The van der Waals surface area contributed by atoms with Crippen LogP contribution in [0.2, 0.25) is 0 Å². The van der Waals surface area contributed by atoms with Crippen molar-refractivity contribution in [2.45, 2.75) is 57.2 Å². The fourth-order valence-electron chi connectivity index (χ4n) is 4.48. The van der Waals surface area contributed by atoms with Crippen molar-refractivity contribution in [3.05, 3.63) is 21.9 Å². The monoisotopic (exact) mass is 498 g/mol. The van der Waals surface area contributed by atoms with Gasteiger partial charge in [0.25, 0.3) is 0 Å². The molecule has 0 aliphatic carbocycles. The Hall–Kier alpha value is -2.02. The van der Waals surface area contributed by atoms with E-state index in [1.54, 1.807) is 6.07 Å². The fourth-order valence-corrected chi connectivity index (χ4v) is 6.02. The van der Waals surface area contributed by atoms with Gasteiger partial charge in [0, 0.05) is 11.4 Å². The molecule has 0 bridgehead atoms. The third-order valence-electron chi connectivity index (χ3n) is 6.18. The Kier molecular flexibility index (Phi) is 8.85. The van der Waals surface area contributed by atoms with Crippen LogP contribution >= 0.6 is 11.3 Å². The van der Waals surface area contributed by atoms with Crippen molar-refractivity contribution in [3.8, 4) is 0 Å². The summed E-state index contributed by atoms with van der Waals surface area (Å²) in [6.07, 6.45) is 5.51. The minimum Gasteiger partial charge on any atom is -0.383 e. The first-order valence-corrected chi connectivity index (χ1v) is 14.0. The maximum Gasteiger partial charge on any atom is 0.243 e. The largest absolute Gasteiger partial charge is 0.383 e. The van der Waals surface area contributed by atoms with E-state index in [9.17, 15) is 18.0 Å². The smallest absolute Gasteiger partial charge is 0.243 e. The molecule has 184 valence electrons. The van der Waals surface area contributed by atoms with Gasteiger partial charge in [-0.3, -0.25) is 15.0 Å². The van der Waals surface area contributed by atoms with Gasteiger partial charge in [-0.25, -0.2) is 13.1 Å². The average molecular weight is 499 g/mol. The van der Waals surface area contributed by atoms with Gasteiger partial charge in [0.15, 0.2) is 0 Å². The van der Waals surface area contributed by atoms with Gasteiger partial charge in [-0.15, -0.1) is 11.3 Å². The van der Waals surface area contributed by atoms with E-state index in [2.05, 4.69) is 15.4 Å². The summed E-state index contributed by atoms with van der Waals surface area (Å²) in [5.74, 6) is -0.137. The highest BCUT2D eigenvalue weighted by atomic mass is 32.2. The molecule has 0 saturated carbocycles. The van der Waals surface area contributed by atoms with Crippen LogP contribution in [0.4, 0.5) is 0 Å². The molecule has 0 radical (unpaired) electrons. The highest BCUT2D eigenvalue weighted by molar-refractivity contribution is 7.88. The van der Waals surface area contributed by atoms with Crippen molar-refractivity contribution in [2.75, 3.05) is 25.9 Å². The van der Waals surface area contributed by atoms with Crippen molar-refractivity contribution >= 4 is 39.0 Å². The topological polar surface area (TPSA) is 157 Å². The summed E-state index contributed by atoms with van der Waals surface area (Å²) in [6, 6.07) is 2.07. The molecule has 12 heteroatoms. The number of rotatable bonds is 10. The summed E-state index contributed by atoms with van der Waals surface area (Å²) in [4.78, 5) is 29.2. The predicted molar refractivity (Wildman–Crippen MR) is 129 cm³/mol. The Bertz CT molecular complexity index is 958. The SMILES string of the molecule is CS(=O)(=O)N[C@H](CCC1CCNCC1)C(=O)N1CCC[C@H]1C(=O)NCc1ccc(C(=N)N)s1. The van der Waals surface area contributed by atoms with Crippen LogP contribution in [0.15, 0.2) is 12.1 Å². The molecule has 2 amide bonds. The first-order valence-electron chi connectivity index (χ1n) is 11.3. The number of likely N-dealkylation sites (tertiary alicyclic amines) is 1. The highest BCUT2D eigenvalue weighted by Crippen LogP contribution is 2.23. The lowest BCUT2D eigenvalue weighted by Gasteiger charge is -2.30. The van der Waals surface area contributed by atoms with E-state index < -0.39 is 22.1 Å². The number of amidine groups is 1. The quantitative estimate of drug-likeness (QED) is 0.231. The Balaban J connectivity index is 1.62. The van der Waals surface area contributed by atoms with Crippen molar-refractivity contribution < 1.29 is 18.0 Å². The van der Waals surface area contributed by atoms with Crippen LogP contribution in [0.25, 0.3) is 0 Å². The molecule has 6 N–H and O–H groups in total. The Morgan fingerprint density at radius 1 is 1.30 bits per heavy atom. The molecule has 10 nitrogen and oxygen atoms in total. The molecule has 2 atom stereocenters. The van der Waals surface area contributed by atoms with Gasteiger partial charge in [0.1, 0.15) is 17.9 Å². The number of thiophene rings is 1. The number of carbonyl (C=O) groups excluding carboxylic acids is 2. The lowest BCUT2D eigenvalue weighted by atomic mass is 9.91. The predicted octanol–water partition coefficient (Wildman–Crippen LogP) is 0.337. The molecule has 3 heterocycles. The number of nitrogens with two attached hydrogens (primary N) is 1. The van der Waals surface area contributed by atoms with Crippen LogP contribution in [0.1, 0.15) is 48.3 Å². The molecule has 3 rings (SSSR count). The summed E-state index contributed by atoms with van der Waals surface area (Å²) in [7, 11) is -3.58. The normalized spacial score (nSPS) is 20.5. The standard InChI is InChI=1S/C21H34N6O4S2/c1-33(30,31)26-16(6-4-14-8-10-24-11-9-14)21(29)27-12-2-3-17(27)20(28)25-13-15-5-7-18(32-15)19(22)23/h5,7,14,16-17,24,26H,2-4,6,8-13H2,1H3,(H3,22,23)(H,25,28)/t16-,17+/m1/s1. The molecule has 2 aliphatic heterocycles. The van der Waals surface area contributed by atoms with Gasteiger partial charge < -0.3 is 21.3 Å². The average Bonchev–Trinajstić information content (AvgIpc) is 3.44. The maximum absolute atomic E-state index is 13.3. The van der Waals surface area contributed by atoms with Gasteiger partial charge in [-0.2, -0.15) is 0 Å². The second-order valence-corrected chi connectivity index (χ2v) is 11.7. The second-order valence-electron chi connectivity index (χ2n) is 8.80. The summed E-state index contributed by atoms with van der Waals surface area (Å²) >= 11 is 1.34. The van der Waals surface area contributed by atoms with E-state index in [1.807, 2.05) is 6.07 Å². The summed E-state index contributed by atoms with van der Waals surface area (Å²) in [5.41, 5.74) is 5.49. The van der Waals surface area contributed by atoms with Crippen molar-refractivity contribution in [2.24, 2.45) is 11.7 Å². The van der Waals surface area contributed by atoms with Crippen LogP contribution in [-0.4, -0.2) is 68.9 Å². The summed E-state index contributed by atoms with van der Waals surface area (Å²) < 4.78 is 26.4. The fraction of sp³-hybridized carbons (Fsp3) is 0.667. The molecule has 2 saturated heterocycles. The van der Waals surface area contributed by atoms with E-state index in [-0.39, 0.29) is 24.2 Å². The minimum atomic E-state index is -3.58. The molecule has 0 aromatic carbocycles. The van der Waals surface area contributed by atoms with Gasteiger partial charge >= 0.3 is 0 Å². The number of amides is 2. The maximum atomic E-state index is 13.3. The number of nitrogens with zero attached hydrogens (tertiary/aromatic N) is 1. The van der Waals surface area contributed by atoms with E-state index in [0.717, 1.165) is 43.5 Å². The Morgan fingerprint density at radius 2 is 2.03 bits per heavy atom. The number of nitrogens with one attached hydrogen (secondary N) is 4. The summed E-state index contributed by atoms with van der Waals surface area (Å²) in [5, 5.41) is 13.7. The van der Waals surface area contributed by atoms with Crippen molar-refractivity contribution in [3.63, 3.8) is 0 Å². The zero-order valence-electron chi connectivity index (χ0n) is 18.9. The zero-order valence-corrected chi connectivity index (χ0v) is 20.6. The van der Waals surface area contributed by atoms with Crippen molar-refractivity contribution in [1.29, 1.82) is 5.41 Å². The highest BCUT2D eigenvalue weighted by Gasteiger charge is 2.38. The number of hydrogen-bond acceptors (Lipinski definition) is 7. The number of nitrogen functional groups attached to an aromatic ring is 1. The number of sulfonamides is 1. The molecular weight excluding hydrogens is 464 g/mol. The molecule has 1 aromatic heterocycles. The third kappa shape index (κ3) is 7.49. The lowest BCUT2D eigenvalue weighted by molar-refractivity contribution is -0.139. The minimum absolute atomic E-state index is 0.0148. The number of carbonyl (C=O) groups is 2. The molecule has 0 unspecified atom stereocenters. The first kappa shape index (κ1) is 25.6. The molecule has 2 fully saturated rings. The van der Waals surface area contributed by atoms with Gasteiger partial charge in [-0.05, 0) is 69.7 Å². The molecule has 1 aromatic rings. The van der Waals surface area contributed by atoms with Crippen LogP contribution in [-0.2, 0) is 26.2 Å². The number of piperidine rings is 1. The van der Waals surface area contributed by atoms with Crippen LogP contribution in [0.3, 0.4) is 0 Å². The Labute approximate surface area is 199 Å². The second kappa shape index (κ2) is 11.4. The molecular formula is C21H34N6O4S2. The van der Waals surface area contributed by atoms with E-state index in [4.69, 9.17) is 11.1 Å². The van der Waals surface area contributed by atoms with Crippen LogP contribution in [0, 0.1) is 11.3 Å².